The Bertz CT molecular complexity index is 394. The lowest BCUT2D eigenvalue weighted by molar-refractivity contribution is 0.0939. The van der Waals surface area contributed by atoms with Gasteiger partial charge in [0.1, 0.15) is 0 Å². The monoisotopic (exact) mass is 259 g/mol. The number of methoxy groups -OCH3 is 1. The molecule has 94 valence electrons. The minimum absolute atomic E-state index is 0.102. The van der Waals surface area contributed by atoms with E-state index in [9.17, 15) is 9.18 Å². The summed E-state index contributed by atoms with van der Waals surface area (Å²) in [7, 11) is 1.37. The molecule has 1 atom stereocenters. The maximum atomic E-state index is 13.4. The summed E-state index contributed by atoms with van der Waals surface area (Å²) in [6.45, 7) is 1.92. The second kappa shape index (κ2) is 6.45. The molecule has 0 bridgehead atoms. The van der Waals surface area contributed by atoms with Crippen molar-refractivity contribution in [1.82, 2.24) is 5.32 Å². The highest BCUT2D eigenvalue weighted by molar-refractivity contribution is 6.18. The first-order valence-electron chi connectivity index (χ1n) is 5.32. The molecule has 0 fully saturated rings. The van der Waals surface area contributed by atoms with Crippen molar-refractivity contribution < 1.29 is 13.9 Å². The second-order valence-corrected chi connectivity index (χ2v) is 3.89. The van der Waals surface area contributed by atoms with Gasteiger partial charge in [-0.15, -0.1) is 11.6 Å². The fraction of sp³-hybridized carbons (Fsp3) is 0.417. The summed E-state index contributed by atoms with van der Waals surface area (Å²) in [5.74, 6) is -0.440. The van der Waals surface area contributed by atoms with Crippen LogP contribution in [0.3, 0.4) is 0 Å². The molecule has 5 heteroatoms. The number of carbonyl (C=O) groups is 1. The number of benzene rings is 1. The van der Waals surface area contributed by atoms with E-state index in [0.717, 1.165) is 12.5 Å². The van der Waals surface area contributed by atoms with E-state index in [1.54, 1.807) is 0 Å². The van der Waals surface area contributed by atoms with E-state index in [0.29, 0.717) is 5.88 Å². The number of ether oxygens (including phenoxy) is 1. The van der Waals surface area contributed by atoms with Crippen LogP contribution < -0.4 is 10.1 Å². The molecule has 1 aromatic carbocycles. The third-order valence-electron chi connectivity index (χ3n) is 2.43. The maximum Gasteiger partial charge on any atom is 0.251 e. The molecule has 1 N–H and O–H groups in total. The SMILES string of the molecule is CCC(CCl)NC(=O)c1ccc(OC)c(F)c1. The van der Waals surface area contributed by atoms with Crippen LogP contribution in [0.2, 0.25) is 0 Å². The van der Waals surface area contributed by atoms with Crippen LogP contribution in [0.5, 0.6) is 5.75 Å². The van der Waals surface area contributed by atoms with Crippen molar-refractivity contribution in [2.75, 3.05) is 13.0 Å². The Labute approximate surface area is 105 Å². The van der Waals surface area contributed by atoms with Gasteiger partial charge in [0, 0.05) is 17.5 Å². The molecule has 1 aromatic rings. The standard InChI is InChI=1S/C12H15ClFNO2/c1-3-9(7-13)15-12(16)8-4-5-11(17-2)10(14)6-8/h4-6,9H,3,7H2,1-2H3,(H,15,16). The summed E-state index contributed by atoms with van der Waals surface area (Å²) < 4.78 is 18.2. The summed E-state index contributed by atoms with van der Waals surface area (Å²) in [4.78, 5) is 11.7. The van der Waals surface area contributed by atoms with Crippen LogP contribution in [0.15, 0.2) is 18.2 Å². The van der Waals surface area contributed by atoms with E-state index < -0.39 is 5.82 Å². The Hall–Kier alpha value is -1.29. The normalized spacial score (nSPS) is 12.0. The Morgan fingerprint density at radius 3 is 2.76 bits per heavy atom. The van der Waals surface area contributed by atoms with Crippen molar-refractivity contribution in [3.05, 3.63) is 29.6 Å². The van der Waals surface area contributed by atoms with Crippen molar-refractivity contribution in [1.29, 1.82) is 0 Å². The van der Waals surface area contributed by atoms with Gasteiger partial charge in [-0.05, 0) is 24.6 Å². The molecule has 0 aliphatic heterocycles. The topological polar surface area (TPSA) is 38.3 Å². The summed E-state index contributed by atoms with van der Waals surface area (Å²) in [6.07, 6.45) is 0.730. The predicted molar refractivity (Wildman–Crippen MR) is 65.2 cm³/mol. The predicted octanol–water partition coefficient (Wildman–Crippen LogP) is 2.58. The molecule has 1 unspecified atom stereocenters. The van der Waals surface area contributed by atoms with Crippen molar-refractivity contribution in [2.45, 2.75) is 19.4 Å². The Morgan fingerprint density at radius 1 is 1.59 bits per heavy atom. The quantitative estimate of drug-likeness (QED) is 0.826. The smallest absolute Gasteiger partial charge is 0.251 e. The number of hydrogen-bond acceptors (Lipinski definition) is 2. The van der Waals surface area contributed by atoms with E-state index in [4.69, 9.17) is 16.3 Å². The summed E-state index contributed by atoms with van der Waals surface area (Å²) in [5.41, 5.74) is 0.256. The maximum absolute atomic E-state index is 13.4. The number of halogens is 2. The molecule has 0 saturated carbocycles. The second-order valence-electron chi connectivity index (χ2n) is 3.58. The lowest BCUT2D eigenvalue weighted by Crippen LogP contribution is -2.35. The highest BCUT2D eigenvalue weighted by Gasteiger charge is 2.13. The molecule has 0 radical (unpaired) electrons. The Balaban J connectivity index is 2.79. The molecule has 0 aromatic heterocycles. The summed E-state index contributed by atoms with van der Waals surface area (Å²) >= 11 is 5.67. The van der Waals surface area contributed by atoms with Crippen LogP contribution in [0.1, 0.15) is 23.7 Å². The van der Waals surface area contributed by atoms with Gasteiger partial charge >= 0.3 is 0 Å². The molecule has 0 heterocycles. The number of hydrogen-bond donors (Lipinski definition) is 1. The molecule has 1 amide bonds. The average Bonchev–Trinajstić information content (AvgIpc) is 2.35. The molecule has 0 aliphatic carbocycles. The largest absolute Gasteiger partial charge is 0.494 e. The van der Waals surface area contributed by atoms with Crippen LogP contribution >= 0.6 is 11.6 Å². The summed E-state index contributed by atoms with van der Waals surface area (Å²) in [6, 6.07) is 3.98. The number of nitrogens with one attached hydrogen (secondary N) is 1. The fourth-order valence-electron chi connectivity index (χ4n) is 1.33. The van der Waals surface area contributed by atoms with Gasteiger partial charge in [-0.3, -0.25) is 4.79 Å². The van der Waals surface area contributed by atoms with E-state index in [1.807, 2.05) is 6.92 Å². The molecular formula is C12H15ClFNO2. The van der Waals surface area contributed by atoms with Crippen LogP contribution in [0.4, 0.5) is 4.39 Å². The lowest BCUT2D eigenvalue weighted by Gasteiger charge is -2.14. The Morgan fingerprint density at radius 2 is 2.29 bits per heavy atom. The van der Waals surface area contributed by atoms with Gasteiger partial charge in [-0.1, -0.05) is 6.92 Å². The van der Waals surface area contributed by atoms with Crippen molar-refractivity contribution >= 4 is 17.5 Å². The zero-order chi connectivity index (χ0) is 12.8. The van der Waals surface area contributed by atoms with E-state index >= 15 is 0 Å². The number of carbonyl (C=O) groups excluding carboxylic acids is 1. The zero-order valence-electron chi connectivity index (χ0n) is 9.80. The first-order valence-corrected chi connectivity index (χ1v) is 5.86. The number of rotatable bonds is 5. The molecule has 0 saturated heterocycles. The van der Waals surface area contributed by atoms with Crippen LogP contribution in [0, 0.1) is 5.82 Å². The van der Waals surface area contributed by atoms with Gasteiger partial charge in [0.15, 0.2) is 11.6 Å². The van der Waals surface area contributed by atoms with Gasteiger partial charge in [0.25, 0.3) is 5.91 Å². The summed E-state index contributed by atoms with van der Waals surface area (Å²) in [5, 5.41) is 2.72. The highest BCUT2D eigenvalue weighted by Crippen LogP contribution is 2.17. The van der Waals surface area contributed by atoms with Crippen molar-refractivity contribution in [3.63, 3.8) is 0 Å². The first-order chi connectivity index (χ1) is 8.12. The minimum Gasteiger partial charge on any atom is -0.494 e. The number of alkyl halides is 1. The number of amides is 1. The van der Waals surface area contributed by atoms with Gasteiger partial charge in [-0.25, -0.2) is 4.39 Å². The zero-order valence-corrected chi connectivity index (χ0v) is 10.6. The third-order valence-corrected chi connectivity index (χ3v) is 2.80. The highest BCUT2D eigenvalue weighted by atomic mass is 35.5. The average molecular weight is 260 g/mol. The van der Waals surface area contributed by atoms with E-state index in [-0.39, 0.29) is 23.3 Å². The molecule has 17 heavy (non-hydrogen) atoms. The molecule has 0 spiro atoms. The van der Waals surface area contributed by atoms with E-state index in [2.05, 4.69) is 5.32 Å². The van der Waals surface area contributed by atoms with Crippen molar-refractivity contribution in [2.24, 2.45) is 0 Å². The molecule has 0 aliphatic rings. The van der Waals surface area contributed by atoms with Gasteiger partial charge in [-0.2, -0.15) is 0 Å². The van der Waals surface area contributed by atoms with Crippen molar-refractivity contribution in [3.8, 4) is 5.75 Å². The van der Waals surface area contributed by atoms with Gasteiger partial charge < -0.3 is 10.1 Å². The van der Waals surface area contributed by atoms with E-state index in [1.165, 1.54) is 19.2 Å². The molecule has 1 rings (SSSR count). The Kier molecular flexibility index (Phi) is 5.22. The lowest BCUT2D eigenvalue weighted by atomic mass is 10.1. The third kappa shape index (κ3) is 3.60. The molecule has 3 nitrogen and oxygen atoms in total. The minimum atomic E-state index is -0.556. The first kappa shape index (κ1) is 13.8. The fourth-order valence-corrected chi connectivity index (χ4v) is 1.62. The molecular weight excluding hydrogens is 245 g/mol. The van der Waals surface area contributed by atoms with Gasteiger partial charge in [0.2, 0.25) is 0 Å². The van der Waals surface area contributed by atoms with Crippen LogP contribution in [-0.2, 0) is 0 Å². The van der Waals surface area contributed by atoms with Crippen LogP contribution in [-0.4, -0.2) is 24.9 Å². The van der Waals surface area contributed by atoms with Gasteiger partial charge in [0.05, 0.1) is 7.11 Å². The van der Waals surface area contributed by atoms with Crippen LogP contribution in [0.25, 0.3) is 0 Å².